The van der Waals surface area contributed by atoms with E-state index in [9.17, 15) is 14.3 Å². The Balaban J connectivity index is 2.25. The van der Waals surface area contributed by atoms with Crippen LogP contribution < -0.4 is 0 Å². The van der Waals surface area contributed by atoms with Crippen LogP contribution in [0.25, 0.3) is 16.9 Å². The van der Waals surface area contributed by atoms with Gasteiger partial charge in [-0.1, -0.05) is 29.8 Å². The lowest BCUT2D eigenvalue weighted by Gasteiger charge is -2.09. The fraction of sp³-hybridized carbons (Fsp3) is 0.0588. The molecule has 0 amide bonds. The van der Waals surface area contributed by atoms with Crippen molar-refractivity contribution >= 4 is 17.6 Å². The van der Waals surface area contributed by atoms with Gasteiger partial charge in [0.25, 0.3) is 0 Å². The number of carboxylic acids is 1. The summed E-state index contributed by atoms with van der Waals surface area (Å²) in [5.41, 5.74) is 1.89. The summed E-state index contributed by atoms with van der Waals surface area (Å²) in [5, 5.41) is 13.8. The normalized spacial score (nSPS) is 10.7. The molecular formula is C17H12ClFN2O2. The first-order chi connectivity index (χ1) is 11.0. The highest BCUT2D eigenvalue weighted by atomic mass is 35.5. The number of rotatable bonds is 3. The maximum absolute atomic E-state index is 14.1. The summed E-state index contributed by atoms with van der Waals surface area (Å²) in [6, 6.07) is 12.7. The minimum absolute atomic E-state index is 0.167. The van der Waals surface area contributed by atoms with Crippen LogP contribution in [0.1, 0.15) is 16.1 Å². The molecule has 0 radical (unpaired) electrons. The fourth-order valence-corrected chi connectivity index (χ4v) is 2.43. The molecule has 0 spiro atoms. The molecule has 4 nitrogen and oxygen atoms in total. The molecule has 2 aromatic carbocycles. The third-order valence-corrected chi connectivity index (χ3v) is 3.89. The standard InChI is InChI=1S/C17H12ClFN2O2/c1-10-6-7-11(8-13(10)18)21-16(9-15(20-21)17(22)23)12-4-2-3-5-14(12)19/h2-9H,1H3,(H,22,23). The quantitative estimate of drug-likeness (QED) is 0.777. The minimum atomic E-state index is -1.18. The Morgan fingerprint density at radius 1 is 1.22 bits per heavy atom. The van der Waals surface area contributed by atoms with Crippen molar-refractivity contribution in [1.29, 1.82) is 0 Å². The molecule has 116 valence electrons. The van der Waals surface area contributed by atoms with Crippen LogP contribution in [0.4, 0.5) is 4.39 Å². The Bertz CT molecular complexity index is 905. The fourth-order valence-electron chi connectivity index (χ4n) is 2.26. The number of hydrogen-bond donors (Lipinski definition) is 1. The Morgan fingerprint density at radius 3 is 2.61 bits per heavy atom. The largest absolute Gasteiger partial charge is 0.476 e. The molecule has 3 aromatic rings. The van der Waals surface area contributed by atoms with E-state index in [2.05, 4.69) is 5.10 Å². The van der Waals surface area contributed by atoms with Gasteiger partial charge in [0.15, 0.2) is 5.69 Å². The highest BCUT2D eigenvalue weighted by molar-refractivity contribution is 6.31. The summed E-state index contributed by atoms with van der Waals surface area (Å²) in [4.78, 5) is 11.2. The molecule has 0 unspecified atom stereocenters. The van der Waals surface area contributed by atoms with E-state index in [-0.39, 0.29) is 11.3 Å². The maximum atomic E-state index is 14.1. The van der Waals surface area contributed by atoms with E-state index in [1.807, 2.05) is 6.92 Å². The molecule has 3 rings (SSSR count). The molecule has 6 heteroatoms. The molecule has 1 N–H and O–H groups in total. The van der Waals surface area contributed by atoms with Crippen molar-refractivity contribution in [2.24, 2.45) is 0 Å². The van der Waals surface area contributed by atoms with Crippen LogP contribution in [0.2, 0.25) is 5.02 Å². The topological polar surface area (TPSA) is 55.1 Å². The highest BCUT2D eigenvalue weighted by Gasteiger charge is 2.18. The van der Waals surface area contributed by atoms with Crippen molar-refractivity contribution in [2.45, 2.75) is 6.92 Å². The summed E-state index contributed by atoms with van der Waals surface area (Å²) in [6.07, 6.45) is 0. The van der Waals surface area contributed by atoms with Crippen molar-refractivity contribution in [1.82, 2.24) is 9.78 Å². The summed E-state index contributed by atoms with van der Waals surface area (Å²) in [5.74, 6) is -1.64. The first kappa shape index (κ1) is 15.2. The second-order valence-electron chi connectivity index (χ2n) is 5.05. The number of aromatic nitrogens is 2. The lowest BCUT2D eigenvalue weighted by molar-refractivity contribution is 0.0690. The zero-order chi connectivity index (χ0) is 16.6. The highest BCUT2D eigenvalue weighted by Crippen LogP contribution is 2.28. The van der Waals surface area contributed by atoms with Crippen molar-refractivity contribution in [2.75, 3.05) is 0 Å². The summed E-state index contributed by atoms with van der Waals surface area (Å²) >= 11 is 6.13. The second-order valence-corrected chi connectivity index (χ2v) is 5.45. The van der Waals surface area contributed by atoms with E-state index in [0.29, 0.717) is 16.4 Å². The van der Waals surface area contributed by atoms with Crippen LogP contribution in [-0.2, 0) is 0 Å². The van der Waals surface area contributed by atoms with Gasteiger partial charge in [-0.25, -0.2) is 13.9 Å². The van der Waals surface area contributed by atoms with Crippen molar-refractivity contribution < 1.29 is 14.3 Å². The van der Waals surface area contributed by atoms with Crippen LogP contribution in [0, 0.1) is 12.7 Å². The molecule has 0 fully saturated rings. The number of halogens is 2. The zero-order valence-corrected chi connectivity index (χ0v) is 12.9. The van der Waals surface area contributed by atoms with Crippen LogP contribution in [0.5, 0.6) is 0 Å². The van der Waals surface area contributed by atoms with Crippen LogP contribution in [0.3, 0.4) is 0 Å². The Kier molecular flexibility index (Phi) is 3.88. The van der Waals surface area contributed by atoms with E-state index in [1.54, 1.807) is 36.4 Å². The minimum Gasteiger partial charge on any atom is -0.476 e. The van der Waals surface area contributed by atoms with Crippen molar-refractivity contribution in [3.8, 4) is 16.9 Å². The number of hydrogen-bond acceptors (Lipinski definition) is 2. The number of carbonyl (C=O) groups is 1. The van der Waals surface area contributed by atoms with E-state index in [0.717, 1.165) is 5.56 Å². The second kappa shape index (κ2) is 5.85. The SMILES string of the molecule is Cc1ccc(-n2nc(C(=O)O)cc2-c2ccccc2F)cc1Cl. The molecular weight excluding hydrogens is 319 g/mol. The van der Waals surface area contributed by atoms with Crippen molar-refractivity contribution in [3.63, 3.8) is 0 Å². The first-order valence-corrected chi connectivity index (χ1v) is 7.20. The maximum Gasteiger partial charge on any atom is 0.356 e. The Hall–Kier alpha value is -2.66. The molecule has 0 atom stereocenters. The van der Waals surface area contributed by atoms with Gasteiger partial charge in [-0.15, -0.1) is 0 Å². The third kappa shape index (κ3) is 2.83. The number of nitrogens with zero attached hydrogens (tertiary/aromatic N) is 2. The predicted octanol–water partition coefficient (Wildman–Crippen LogP) is 4.34. The van der Waals surface area contributed by atoms with E-state index < -0.39 is 11.8 Å². The van der Waals surface area contributed by atoms with E-state index in [1.165, 1.54) is 16.8 Å². The van der Waals surface area contributed by atoms with Crippen LogP contribution >= 0.6 is 11.6 Å². The third-order valence-electron chi connectivity index (χ3n) is 3.48. The van der Waals surface area contributed by atoms with Gasteiger partial charge in [0, 0.05) is 10.6 Å². The smallest absolute Gasteiger partial charge is 0.356 e. The molecule has 1 aromatic heterocycles. The zero-order valence-electron chi connectivity index (χ0n) is 12.1. The summed E-state index contributed by atoms with van der Waals surface area (Å²) < 4.78 is 15.5. The Labute approximate surface area is 136 Å². The number of carboxylic acid groups (broad SMARTS) is 1. The lowest BCUT2D eigenvalue weighted by atomic mass is 10.1. The van der Waals surface area contributed by atoms with Gasteiger partial charge in [-0.3, -0.25) is 0 Å². The number of aromatic carboxylic acids is 1. The average Bonchev–Trinajstić information content (AvgIpc) is 2.96. The van der Waals surface area contributed by atoms with Gasteiger partial charge in [0.05, 0.1) is 11.4 Å². The van der Waals surface area contributed by atoms with E-state index in [4.69, 9.17) is 11.6 Å². The van der Waals surface area contributed by atoms with Gasteiger partial charge < -0.3 is 5.11 Å². The molecule has 23 heavy (non-hydrogen) atoms. The van der Waals surface area contributed by atoms with Crippen molar-refractivity contribution in [3.05, 3.63) is 70.6 Å². The monoisotopic (exact) mass is 330 g/mol. The number of benzene rings is 2. The first-order valence-electron chi connectivity index (χ1n) is 6.82. The molecule has 0 saturated heterocycles. The predicted molar refractivity (Wildman–Crippen MR) is 85.7 cm³/mol. The summed E-state index contributed by atoms with van der Waals surface area (Å²) in [7, 11) is 0. The molecule has 0 bridgehead atoms. The molecule has 0 saturated carbocycles. The van der Waals surface area contributed by atoms with E-state index >= 15 is 0 Å². The molecule has 0 aliphatic rings. The van der Waals surface area contributed by atoms with Gasteiger partial charge in [-0.05, 0) is 42.8 Å². The van der Waals surface area contributed by atoms with Crippen LogP contribution in [-0.4, -0.2) is 20.9 Å². The van der Waals surface area contributed by atoms with Crippen LogP contribution in [0.15, 0.2) is 48.5 Å². The molecule has 0 aliphatic heterocycles. The average molecular weight is 331 g/mol. The molecule has 1 heterocycles. The summed E-state index contributed by atoms with van der Waals surface area (Å²) in [6.45, 7) is 1.86. The Morgan fingerprint density at radius 2 is 1.96 bits per heavy atom. The van der Waals surface area contributed by atoms with Gasteiger partial charge >= 0.3 is 5.97 Å². The van der Waals surface area contributed by atoms with Gasteiger partial charge in [0.2, 0.25) is 0 Å². The van der Waals surface area contributed by atoms with Gasteiger partial charge in [-0.2, -0.15) is 5.10 Å². The number of aryl methyl sites for hydroxylation is 1. The lowest BCUT2D eigenvalue weighted by Crippen LogP contribution is -2.03. The van der Waals surface area contributed by atoms with Gasteiger partial charge in [0.1, 0.15) is 5.82 Å². The molecule has 0 aliphatic carbocycles.